The van der Waals surface area contributed by atoms with Gasteiger partial charge in [0.15, 0.2) is 5.82 Å². The molecule has 2 aromatic carbocycles. The zero-order valence-corrected chi connectivity index (χ0v) is 14.4. The van der Waals surface area contributed by atoms with Crippen LogP contribution in [0.1, 0.15) is 6.42 Å². The van der Waals surface area contributed by atoms with Gasteiger partial charge in [0.1, 0.15) is 5.75 Å². The van der Waals surface area contributed by atoms with Crippen LogP contribution in [0.2, 0.25) is 0 Å². The van der Waals surface area contributed by atoms with Crippen LogP contribution in [0.3, 0.4) is 0 Å². The zero-order chi connectivity index (χ0) is 19.1. The first-order chi connectivity index (χ1) is 13.1. The quantitative estimate of drug-likeness (QED) is 0.514. The van der Waals surface area contributed by atoms with Gasteiger partial charge < -0.3 is 15.8 Å². The van der Waals surface area contributed by atoms with Gasteiger partial charge in [0.25, 0.3) is 0 Å². The van der Waals surface area contributed by atoms with Crippen LogP contribution in [0, 0.1) is 0 Å². The van der Waals surface area contributed by atoms with Gasteiger partial charge >= 0.3 is 6.03 Å². The third-order valence-corrected chi connectivity index (χ3v) is 3.63. The largest absolute Gasteiger partial charge is 0.493 e. The van der Waals surface area contributed by atoms with E-state index in [0.717, 1.165) is 11.3 Å². The van der Waals surface area contributed by atoms with E-state index < -0.39 is 11.9 Å². The van der Waals surface area contributed by atoms with Crippen molar-refractivity contribution in [2.75, 3.05) is 17.2 Å². The third kappa shape index (κ3) is 5.33. The Labute approximate surface area is 155 Å². The average Bonchev–Trinajstić information content (AvgIpc) is 3.12. The van der Waals surface area contributed by atoms with Crippen molar-refractivity contribution < 1.29 is 14.3 Å². The molecular formula is C19H19N5O3. The van der Waals surface area contributed by atoms with Gasteiger partial charge in [-0.25, -0.2) is 4.79 Å². The number of aromatic amines is 1. The Balaban J connectivity index is 1.52. The van der Waals surface area contributed by atoms with Gasteiger partial charge in [-0.1, -0.05) is 30.3 Å². The van der Waals surface area contributed by atoms with Crippen molar-refractivity contribution in [1.82, 2.24) is 10.2 Å². The monoisotopic (exact) mass is 365 g/mol. The number of anilines is 2. The summed E-state index contributed by atoms with van der Waals surface area (Å²) in [4.78, 5) is 22.8. The van der Waals surface area contributed by atoms with E-state index in [0.29, 0.717) is 17.3 Å². The fraction of sp³-hybridized carbons (Fsp3) is 0.105. The van der Waals surface area contributed by atoms with Crippen LogP contribution in [-0.2, 0) is 4.79 Å². The normalized spacial score (nSPS) is 10.2. The van der Waals surface area contributed by atoms with Crippen LogP contribution in [-0.4, -0.2) is 28.7 Å². The molecule has 1 heterocycles. The third-order valence-electron chi connectivity index (χ3n) is 3.63. The summed E-state index contributed by atoms with van der Waals surface area (Å²) < 4.78 is 5.37. The molecule has 0 spiro atoms. The SMILES string of the molecule is NC(=O)CCOc1ccc(NC(=O)Nc2cc(-c3ccccc3)[nH]n2)cc1. The van der Waals surface area contributed by atoms with Crippen molar-refractivity contribution in [2.24, 2.45) is 5.73 Å². The summed E-state index contributed by atoms with van der Waals surface area (Å²) in [6.07, 6.45) is 0.150. The number of benzene rings is 2. The molecule has 0 saturated heterocycles. The first-order valence-electron chi connectivity index (χ1n) is 8.30. The summed E-state index contributed by atoms with van der Waals surface area (Å²) in [5.41, 5.74) is 7.43. The predicted octanol–water partition coefficient (Wildman–Crippen LogP) is 2.97. The summed E-state index contributed by atoms with van der Waals surface area (Å²) in [6.45, 7) is 0.214. The number of nitrogens with one attached hydrogen (secondary N) is 3. The number of amides is 3. The molecule has 0 fully saturated rings. The van der Waals surface area contributed by atoms with E-state index >= 15 is 0 Å². The number of ether oxygens (including phenoxy) is 1. The van der Waals surface area contributed by atoms with Gasteiger partial charge in [0.05, 0.1) is 18.7 Å². The fourth-order valence-electron chi connectivity index (χ4n) is 2.33. The van der Waals surface area contributed by atoms with E-state index in [1.54, 1.807) is 30.3 Å². The van der Waals surface area contributed by atoms with Gasteiger partial charge in [-0.2, -0.15) is 5.10 Å². The minimum Gasteiger partial charge on any atom is -0.493 e. The molecule has 0 aliphatic rings. The number of nitrogens with two attached hydrogens (primary N) is 1. The molecule has 0 aliphatic heterocycles. The summed E-state index contributed by atoms with van der Waals surface area (Å²) in [5, 5.41) is 12.3. The molecular weight excluding hydrogens is 346 g/mol. The zero-order valence-electron chi connectivity index (χ0n) is 14.4. The van der Waals surface area contributed by atoms with Crippen molar-refractivity contribution in [1.29, 1.82) is 0 Å². The Kier molecular flexibility index (Phi) is 5.68. The maximum atomic E-state index is 12.1. The molecule has 138 valence electrons. The highest BCUT2D eigenvalue weighted by molar-refractivity contribution is 5.99. The number of carbonyl (C=O) groups excluding carboxylic acids is 2. The number of hydrogen-bond acceptors (Lipinski definition) is 4. The van der Waals surface area contributed by atoms with Gasteiger partial charge in [-0.15, -0.1) is 0 Å². The first kappa shape index (κ1) is 18.0. The van der Waals surface area contributed by atoms with E-state index in [1.165, 1.54) is 0 Å². The van der Waals surface area contributed by atoms with Crippen molar-refractivity contribution in [3.05, 3.63) is 60.7 Å². The summed E-state index contributed by atoms with van der Waals surface area (Å²) >= 11 is 0. The number of H-pyrrole nitrogens is 1. The van der Waals surface area contributed by atoms with E-state index in [2.05, 4.69) is 20.8 Å². The number of hydrogen-bond donors (Lipinski definition) is 4. The van der Waals surface area contributed by atoms with Crippen LogP contribution in [0.15, 0.2) is 60.7 Å². The van der Waals surface area contributed by atoms with Crippen molar-refractivity contribution in [3.8, 4) is 17.0 Å². The molecule has 0 saturated carbocycles. The highest BCUT2D eigenvalue weighted by Gasteiger charge is 2.07. The highest BCUT2D eigenvalue weighted by atomic mass is 16.5. The van der Waals surface area contributed by atoms with Crippen LogP contribution < -0.4 is 21.1 Å². The number of urea groups is 1. The van der Waals surface area contributed by atoms with Crippen molar-refractivity contribution >= 4 is 23.4 Å². The molecule has 3 rings (SSSR count). The lowest BCUT2D eigenvalue weighted by Crippen LogP contribution is -2.19. The van der Waals surface area contributed by atoms with E-state index in [9.17, 15) is 9.59 Å². The molecule has 5 N–H and O–H groups in total. The van der Waals surface area contributed by atoms with Crippen LogP contribution in [0.5, 0.6) is 5.75 Å². The molecule has 0 unspecified atom stereocenters. The molecule has 3 aromatic rings. The molecule has 8 heteroatoms. The summed E-state index contributed by atoms with van der Waals surface area (Å²) in [7, 11) is 0. The molecule has 27 heavy (non-hydrogen) atoms. The molecule has 1 aromatic heterocycles. The van der Waals surface area contributed by atoms with Crippen LogP contribution >= 0.6 is 0 Å². The van der Waals surface area contributed by atoms with Gasteiger partial charge in [-0.05, 0) is 29.8 Å². The topological polar surface area (TPSA) is 122 Å². The van der Waals surface area contributed by atoms with Crippen molar-refractivity contribution in [3.63, 3.8) is 0 Å². The lowest BCUT2D eigenvalue weighted by Gasteiger charge is -2.08. The Bertz CT molecular complexity index is 907. The van der Waals surface area contributed by atoms with Gasteiger partial charge in [0, 0.05) is 11.8 Å². The maximum Gasteiger partial charge on any atom is 0.324 e. The van der Waals surface area contributed by atoms with Crippen molar-refractivity contribution in [2.45, 2.75) is 6.42 Å². The smallest absolute Gasteiger partial charge is 0.324 e. The Hall–Kier alpha value is -3.81. The molecule has 0 bridgehead atoms. The number of primary amides is 1. The Morgan fingerprint density at radius 1 is 1.04 bits per heavy atom. The average molecular weight is 365 g/mol. The number of aromatic nitrogens is 2. The van der Waals surface area contributed by atoms with Crippen LogP contribution in [0.4, 0.5) is 16.3 Å². The van der Waals surface area contributed by atoms with Gasteiger partial charge in [0.2, 0.25) is 5.91 Å². The molecule has 8 nitrogen and oxygen atoms in total. The number of carbonyl (C=O) groups is 2. The second kappa shape index (κ2) is 8.52. The predicted molar refractivity (Wildman–Crippen MR) is 102 cm³/mol. The second-order valence-electron chi connectivity index (χ2n) is 5.70. The van der Waals surface area contributed by atoms with E-state index in [-0.39, 0.29) is 13.0 Å². The summed E-state index contributed by atoms with van der Waals surface area (Å²) in [6, 6.07) is 17.8. The lowest BCUT2D eigenvalue weighted by molar-refractivity contribution is -0.118. The second-order valence-corrected chi connectivity index (χ2v) is 5.70. The molecule has 0 atom stereocenters. The molecule has 3 amide bonds. The highest BCUT2D eigenvalue weighted by Crippen LogP contribution is 2.20. The fourth-order valence-corrected chi connectivity index (χ4v) is 2.33. The standard InChI is InChI=1S/C19H19N5O3/c20-17(25)10-11-27-15-8-6-14(7-9-15)21-19(26)22-18-12-16(23-24-18)13-4-2-1-3-5-13/h1-9,12H,10-11H2,(H2,20,25)(H3,21,22,23,24,26). The Morgan fingerprint density at radius 3 is 2.48 bits per heavy atom. The minimum absolute atomic E-state index is 0.150. The lowest BCUT2D eigenvalue weighted by atomic mass is 10.2. The number of rotatable bonds is 7. The van der Waals surface area contributed by atoms with Gasteiger partial charge in [-0.3, -0.25) is 15.2 Å². The maximum absolute atomic E-state index is 12.1. The molecule has 0 radical (unpaired) electrons. The van der Waals surface area contributed by atoms with E-state index in [1.807, 2.05) is 30.3 Å². The number of nitrogens with zero attached hydrogens (tertiary/aromatic N) is 1. The van der Waals surface area contributed by atoms with Crippen LogP contribution in [0.25, 0.3) is 11.3 Å². The molecule has 0 aliphatic carbocycles. The Morgan fingerprint density at radius 2 is 1.78 bits per heavy atom. The van der Waals surface area contributed by atoms with E-state index in [4.69, 9.17) is 10.5 Å². The minimum atomic E-state index is -0.418. The first-order valence-corrected chi connectivity index (χ1v) is 8.30. The summed E-state index contributed by atoms with van der Waals surface area (Å²) in [5.74, 6) is 0.582.